The van der Waals surface area contributed by atoms with Crippen LogP contribution in [0.4, 0.5) is 0 Å². The molecule has 3 N–H and O–H groups in total. The lowest BCUT2D eigenvalue weighted by molar-refractivity contribution is -0.625. The van der Waals surface area contributed by atoms with Crippen molar-refractivity contribution in [2.75, 3.05) is 0 Å². The zero-order chi connectivity index (χ0) is 8.72. The predicted molar refractivity (Wildman–Crippen MR) is 35.3 cm³/mol. The van der Waals surface area contributed by atoms with Crippen LogP contribution in [-0.2, 0) is 0 Å². The van der Waals surface area contributed by atoms with Gasteiger partial charge in [0.2, 0.25) is 5.65 Å². The van der Waals surface area contributed by atoms with E-state index in [-0.39, 0.29) is 16.5 Å². The number of hydrogen-bond donors (Lipinski definition) is 3. The van der Waals surface area contributed by atoms with E-state index in [9.17, 15) is 5.21 Å². The zero-order valence-corrected chi connectivity index (χ0v) is 5.38. The first kappa shape index (κ1) is 4.89. The van der Waals surface area contributed by atoms with Gasteiger partial charge in [0.1, 0.15) is 1.37 Å². The first-order chi connectivity index (χ1) is 5.70. The van der Waals surface area contributed by atoms with Crippen molar-refractivity contribution in [1.82, 2.24) is 15.0 Å². The number of H-pyrrole nitrogens is 2. The summed E-state index contributed by atoms with van der Waals surface area (Å²) in [6.07, 6.45) is 0.971. The molecule has 2 heterocycles. The molecule has 0 aromatic carbocycles. The van der Waals surface area contributed by atoms with E-state index in [0.717, 1.165) is 0 Å². The van der Waals surface area contributed by atoms with Crippen LogP contribution in [0.1, 0.15) is 1.37 Å². The Bertz CT molecular complexity index is 486. The highest BCUT2D eigenvalue weighted by molar-refractivity contribution is 5.66. The quantitative estimate of drug-likeness (QED) is 0.333. The van der Waals surface area contributed by atoms with Gasteiger partial charge in [-0.2, -0.15) is 5.41 Å². The van der Waals surface area contributed by atoms with E-state index in [1.165, 1.54) is 6.33 Å². The summed E-state index contributed by atoms with van der Waals surface area (Å²) in [5.74, 6) is 0. The standard InChI is InChI=1S/C5H5N5O/c6-4-3-5(8-1-7-3)9-2-10(4)11/h1-2,6,9H,(H,7,8)/i2D. The zero-order valence-electron chi connectivity index (χ0n) is 6.38. The van der Waals surface area contributed by atoms with Crippen LogP contribution >= 0.6 is 0 Å². The van der Waals surface area contributed by atoms with Gasteiger partial charge in [-0.25, -0.2) is 9.71 Å². The smallest absolute Gasteiger partial charge is 0.284 e. The van der Waals surface area contributed by atoms with Gasteiger partial charge in [-0.1, -0.05) is 0 Å². The van der Waals surface area contributed by atoms with Crippen molar-refractivity contribution in [3.63, 3.8) is 0 Å². The molecule has 0 spiro atoms. The number of imidazole rings is 1. The van der Waals surface area contributed by atoms with Crippen LogP contribution < -0.4 is 10.2 Å². The second-order valence-electron chi connectivity index (χ2n) is 2.01. The minimum Gasteiger partial charge on any atom is -0.740 e. The SMILES string of the molecule is [2H]c1[nH]c2nc[nH]c2c(=N)[n+]1[O-]. The first-order valence-corrected chi connectivity index (χ1v) is 2.90. The fourth-order valence-electron chi connectivity index (χ4n) is 0.831. The van der Waals surface area contributed by atoms with Crippen molar-refractivity contribution in [2.24, 2.45) is 0 Å². The maximum atomic E-state index is 10.9. The van der Waals surface area contributed by atoms with E-state index in [1.807, 2.05) is 0 Å². The Kier molecular flexibility index (Phi) is 0.807. The van der Waals surface area contributed by atoms with Crippen LogP contribution in [-0.4, -0.2) is 15.0 Å². The minimum atomic E-state index is -0.389. The minimum absolute atomic E-state index is 0.181. The van der Waals surface area contributed by atoms with Crippen molar-refractivity contribution < 1.29 is 6.10 Å². The summed E-state index contributed by atoms with van der Waals surface area (Å²) in [5, 5.41) is 18.2. The highest BCUT2D eigenvalue weighted by atomic mass is 16.5. The molecule has 0 bridgehead atoms. The van der Waals surface area contributed by atoms with Gasteiger partial charge in [0.15, 0.2) is 11.8 Å². The molecular formula is C5H5N5O. The number of aromatic amines is 2. The lowest BCUT2D eigenvalue weighted by Crippen LogP contribution is -2.44. The molecule has 0 radical (unpaired) electrons. The van der Waals surface area contributed by atoms with Crippen molar-refractivity contribution in [1.29, 1.82) is 5.41 Å². The predicted octanol–water partition coefficient (Wildman–Crippen LogP) is -0.996. The number of hydrogen-bond acceptors (Lipinski definition) is 3. The van der Waals surface area contributed by atoms with Crippen LogP contribution in [0.2, 0.25) is 0 Å². The van der Waals surface area contributed by atoms with Gasteiger partial charge < -0.3 is 10.2 Å². The van der Waals surface area contributed by atoms with Gasteiger partial charge in [-0.3, -0.25) is 4.98 Å². The molecule has 56 valence electrons. The molecule has 0 unspecified atom stereocenters. The van der Waals surface area contributed by atoms with E-state index in [0.29, 0.717) is 11.2 Å². The topological polar surface area (TPSA) is 95.3 Å². The largest absolute Gasteiger partial charge is 0.740 e. The van der Waals surface area contributed by atoms with Crippen LogP contribution in [0.25, 0.3) is 11.2 Å². The summed E-state index contributed by atoms with van der Waals surface area (Å²) in [5.41, 5.74) is 0.351. The van der Waals surface area contributed by atoms with E-state index < -0.39 is 0 Å². The summed E-state index contributed by atoms with van der Waals surface area (Å²) in [6, 6.07) is 0. The van der Waals surface area contributed by atoms with Gasteiger partial charge in [-0.05, 0) is 0 Å². The molecule has 2 rings (SSSR count). The van der Waals surface area contributed by atoms with Gasteiger partial charge in [-0.15, -0.1) is 0 Å². The molecule has 2 aromatic heterocycles. The molecule has 0 fully saturated rings. The number of nitrogens with one attached hydrogen (secondary N) is 3. The maximum absolute atomic E-state index is 10.9. The molecule has 0 saturated carbocycles. The number of aromatic nitrogens is 4. The maximum Gasteiger partial charge on any atom is 0.284 e. The van der Waals surface area contributed by atoms with E-state index >= 15 is 0 Å². The molecule has 6 nitrogen and oxygen atoms in total. The molecule has 11 heavy (non-hydrogen) atoms. The summed E-state index contributed by atoms with van der Waals surface area (Å²) >= 11 is 0. The highest BCUT2D eigenvalue weighted by Gasteiger charge is 2.02. The molecule has 0 aliphatic carbocycles. The molecule has 6 heteroatoms. The van der Waals surface area contributed by atoms with Crippen LogP contribution in [0.3, 0.4) is 0 Å². The lowest BCUT2D eigenvalue weighted by Gasteiger charge is -1.99. The van der Waals surface area contributed by atoms with Gasteiger partial charge in [0.05, 0.1) is 6.33 Å². The monoisotopic (exact) mass is 152 g/mol. The fourth-order valence-corrected chi connectivity index (χ4v) is 0.831. The van der Waals surface area contributed by atoms with Gasteiger partial charge in [0, 0.05) is 0 Å². The second kappa shape index (κ2) is 1.82. The first-order valence-electron chi connectivity index (χ1n) is 3.40. The molecule has 0 aliphatic heterocycles. The Morgan fingerprint density at radius 2 is 2.55 bits per heavy atom. The van der Waals surface area contributed by atoms with Crippen LogP contribution in [0.15, 0.2) is 12.6 Å². The van der Waals surface area contributed by atoms with E-state index in [4.69, 9.17) is 6.78 Å². The Balaban J connectivity index is 3.05. The lowest BCUT2D eigenvalue weighted by atomic mass is 10.5. The third-order valence-electron chi connectivity index (χ3n) is 1.36. The Hall–Kier alpha value is -1.85. The Labute approximate surface area is 62.0 Å². The molecule has 2 aromatic rings. The summed E-state index contributed by atoms with van der Waals surface area (Å²) in [6.45, 7) is 0. The van der Waals surface area contributed by atoms with E-state index in [2.05, 4.69) is 15.0 Å². The third kappa shape index (κ3) is 0.689. The summed E-state index contributed by atoms with van der Waals surface area (Å²) < 4.78 is 7.28. The molecule has 0 aliphatic rings. The van der Waals surface area contributed by atoms with Crippen molar-refractivity contribution in [2.45, 2.75) is 0 Å². The normalized spacial score (nSPS) is 11.8. The summed E-state index contributed by atoms with van der Waals surface area (Å²) in [7, 11) is 0. The van der Waals surface area contributed by atoms with Crippen LogP contribution in [0, 0.1) is 10.6 Å². The number of fused-ring (bicyclic) bond motifs is 1. The molecular weight excluding hydrogens is 146 g/mol. The average molecular weight is 152 g/mol. The number of rotatable bonds is 0. The molecule has 0 amide bonds. The average Bonchev–Trinajstić information content (AvgIpc) is 2.48. The van der Waals surface area contributed by atoms with Crippen molar-refractivity contribution in [3.8, 4) is 0 Å². The summed E-state index contributed by atoms with van der Waals surface area (Å²) in [4.78, 5) is 8.83. The van der Waals surface area contributed by atoms with Crippen LogP contribution in [0.5, 0.6) is 0 Å². The Morgan fingerprint density at radius 1 is 1.73 bits per heavy atom. The van der Waals surface area contributed by atoms with Gasteiger partial charge >= 0.3 is 0 Å². The fraction of sp³-hybridized carbons (Fsp3) is 0. The van der Waals surface area contributed by atoms with Gasteiger partial charge in [0.25, 0.3) is 5.49 Å². The third-order valence-corrected chi connectivity index (χ3v) is 1.36. The molecule has 0 saturated heterocycles. The van der Waals surface area contributed by atoms with Crippen molar-refractivity contribution >= 4 is 11.2 Å². The van der Waals surface area contributed by atoms with Crippen molar-refractivity contribution in [3.05, 3.63) is 23.3 Å². The molecule has 0 atom stereocenters. The highest BCUT2D eigenvalue weighted by Crippen LogP contribution is 1.93. The second-order valence-corrected chi connectivity index (χ2v) is 2.01. The number of nitrogens with zero attached hydrogens (tertiary/aromatic N) is 2. The Morgan fingerprint density at radius 3 is 3.36 bits per heavy atom. The van der Waals surface area contributed by atoms with E-state index in [1.54, 1.807) is 0 Å².